The van der Waals surface area contributed by atoms with Crippen molar-refractivity contribution < 1.29 is 4.74 Å². The van der Waals surface area contributed by atoms with Crippen molar-refractivity contribution in [3.05, 3.63) is 28.3 Å². The number of halogens is 1. The highest BCUT2D eigenvalue weighted by Crippen LogP contribution is 2.32. The Kier molecular flexibility index (Phi) is 1.95. The first kappa shape index (κ1) is 7.90. The van der Waals surface area contributed by atoms with Crippen molar-refractivity contribution in [1.82, 2.24) is 0 Å². The van der Waals surface area contributed by atoms with Crippen LogP contribution in [0.15, 0.2) is 12.1 Å². The molecule has 1 aliphatic heterocycles. The van der Waals surface area contributed by atoms with Crippen LogP contribution in [-0.2, 0) is 13.0 Å². The highest BCUT2D eigenvalue weighted by Gasteiger charge is 2.16. The summed E-state index contributed by atoms with van der Waals surface area (Å²) < 4.78 is 5.44. The largest absolute Gasteiger partial charge is 0.493 e. The lowest BCUT2D eigenvalue weighted by atomic mass is 10.1. The molecule has 0 aromatic heterocycles. The minimum absolute atomic E-state index is 0.489. The summed E-state index contributed by atoms with van der Waals surface area (Å²) in [6.45, 7) is 1.24. The van der Waals surface area contributed by atoms with Gasteiger partial charge in [0, 0.05) is 23.6 Å². The van der Waals surface area contributed by atoms with Gasteiger partial charge in [-0.05, 0) is 17.7 Å². The first-order valence-electron chi connectivity index (χ1n) is 3.95. The predicted octanol–water partition coefficient (Wildman–Crippen LogP) is 1.73. The van der Waals surface area contributed by atoms with Crippen molar-refractivity contribution in [2.75, 3.05) is 6.61 Å². The molecule has 0 bridgehead atoms. The monoisotopic (exact) mass is 183 g/mol. The molecule has 0 amide bonds. The van der Waals surface area contributed by atoms with Gasteiger partial charge in [0.15, 0.2) is 0 Å². The molecule has 1 aliphatic rings. The standard InChI is InChI=1S/C9H10ClNO/c10-8-3-6-1-2-12-9(6)7(4-8)5-11/h3-4H,1-2,5,11H2. The lowest BCUT2D eigenvalue weighted by Gasteiger charge is -2.05. The van der Waals surface area contributed by atoms with Gasteiger partial charge in [-0.15, -0.1) is 0 Å². The Labute approximate surface area is 76.3 Å². The summed E-state index contributed by atoms with van der Waals surface area (Å²) in [6.07, 6.45) is 0.947. The van der Waals surface area contributed by atoms with Gasteiger partial charge in [0.2, 0.25) is 0 Å². The molecule has 0 fully saturated rings. The molecule has 1 aromatic rings. The van der Waals surface area contributed by atoms with Crippen LogP contribution in [-0.4, -0.2) is 6.61 Å². The van der Waals surface area contributed by atoms with Crippen LogP contribution in [0.1, 0.15) is 11.1 Å². The maximum atomic E-state index is 5.90. The molecule has 0 radical (unpaired) electrons. The Hall–Kier alpha value is -0.730. The van der Waals surface area contributed by atoms with Crippen LogP contribution in [0.2, 0.25) is 5.02 Å². The lowest BCUT2D eigenvalue weighted by Crippen LogP contribution is -1.99. The topological polar surface area (TPSA) is 35.2 Å². The lowest BCUT2D eigenvalue weighted by molar-refractivity contribution is 0.353. The van der Waals surface area contributed by atoms with Crippen molar-refractivity contribution in [1.29, 1.82) is 0 Å². The van der Waals surface area contributed by atoms with E-state index in [1.807, 2.05) is 12.1 Å². The number of hydrogen-bond acceptors (Lipinski definition) is 2. The van der Waals surface area contributed by atoms with E-state index in [0.29, 0.717) is 6.54 Å². The third-order valence-electron chi connectivity index (χ3n) is 2.05. The Bertz CT molecular complexity index is 312. The summed E-state index contributed by atoms with van der Waals surface area (Å²) in [5.74, 6) is 0.946. The Morgan fingerprint density at radius 1 is 1.50 bits per heavy atom. The van der Waals surface area contributed by atoms with Crippen molar-refractivity contribution in [2.45, 2.75) is 13.0 Å². The van der Waals surface area contributed by atoms with Gasteiger partial charge in [-0.3, -0.25) is 0 Å². The molecular weight excluding hydrogens is 174 g/mol. The van der Waals surface area contributed by atoms with E-state index in [4.69, 9.17) is 22.1 Å². The summed E-state index contributed by atoms with van der Waals surface area (Å²) >= 11 is 5.90. The minimum Gasteiger partial charge on any atom is -0.493 e. The molecule has 12 heavy (non-hydrogen) atoms. The molecule has 0 saturated heterocycles. The van der Waals surface area contributed by atoms with Crippen LogP contribution in [0, 0.1) is 0 Å². The highest BCUT2D eigenvalue weighted by molar-refractivity contribution is 6.30. The number of hydrogen-bond donors (Lipinski definition) is 1. The second-order valence-corrected chi connectivity index (χ2v) is 3.29. The zero-order chi connectivity index (χ0) is 8.55. The fraction of sp³-hybridized carbons (Fsp3) is 0.333. The van der Waals surface area contributed by atoms with Crippen LogP contribution in [0.4, 0.5) is 0 Å². The summed E-state index contributed by atoms with van der Waals surface area (Å²) in [7, 11) is 0. The van der Waals surface area contributed by atoms with E-state index in [-0.39, 0.29) is 0 Å². The van der Waals surface area contributed by atoms with Crippen LogP contribution in [0.5, 0.6) is 5.75 Å². The average molecular weight is 184 g/mol. The van der Waals surface area contributed by atoms with Gasteiger partial charge < -0.3 is 10.5 Å². The summed E-state index contributed by atoms with van der Waals surface area (Å²) in [4.78, 5) is 0. The van der Waals surface area contributed by atoms with E-state index >= 15 is 0 Å². The molecule has 2 N–H and O–H groups in total. The van der Waals surface area contributed by atoms with E-state index < -0.39 is 0 Å². The van der Waals surface area contributed by atoms with Gasteiger partial charge in [-0.2, -0.15) is 0 Å². The fourth-order valence-electron chi connectivity index (χ4n) is 1.50. The Balaban J connectivity index is 2.55. The quantitative estimate of drug-likeness (QED) is 0.720. The number of benzene rings is 1. The van der Waals surface area contributed by atoms with Crippen molar-refractivity contribution in [3.63, 3.8) is 0 Å². The molecule has 2 rings (SSSR count). The molecule has 0 unspecified atom stereocenters. The minimum atomic E-state index is 0.489. The van der Waals surface area contributed by atoms with Gasteiger partial charge in [-0.25, -0.2) is 0 Å². The maximum absolute atomic E-state index is 5.90. The molecule has 2 nitrogen and oxygen atoms in total. The van der Waals surface area contributed by atoms with E-state index in [9.17, 15) is 0 Å². The van der Waals surface area contributed by atoms with Gasteiger partial charge in [-0.1, -0.05) is 11.6 Å². The van der Waals surface area contributed by atoms with E-state index in [2.05, 4.69) is 0 Å². The third-order valence-corrected chi connectivity index (χ3v) is 2.26. The molecule has 0 saturated carbocycles. The second-order valence-electron chi connectivity index (χ2n) is 2.86. The highest BCUT2D eigenvalue weighted by atomic mass is 35.5. The SMILES string of the molecule is NCc1cc(Cl)cc2c1OCC2. The Morgan fingerprint density at radius 3 is 3.08 bits per heavy atom. The number of rotatable bonds is 1. The molecule has 0 atom stereocenters. The molecule has 0 spiro atoms. The van der Waals surface area contributed by atoms with E-state index in [1.54, 1.807) is 0 Å². The van der Waals surface area contributed by atoms with Crippen molar-refractivity contribution in [2.24, 2.45) is 5.73 Å². The summed E-state index contributed by atoms with van der Waals surface area (Å²) in [5, 5.41) is 0.750. The number of ether oxygens (including phenoxy) is 1. The van der Waals surface area contributed by atoms with E-state index in [1.165, 1.54) is 5.56 Å². The van der Waals surface area contributed by atoms with Crippen LogP contribution >= 0.6 is 11.6 Å². The predicted molar refractivity (Wildman–Crippen MR) is 48.5 cm³/mol. The molecule has 3 heteroatoms. The van der Waals surface area contributed by atoms with Crippen LogP contribution in [0.25, 0.3) is 0 Å². The third kappa shape index (κ3) is 1.17. The number of nitrogens with two attached hydrogens (primary N) is 1. The maximum Gasteiger partial charge on any atom is 0.127 e. The molecule has 1 heterocycles. The summed E-state index contributed by atoms with van der Waals surface area (Å²) in [6, 6.07) is 3.81. The molecule has 1 aromatic carbocycles. The van der Waals surface area contributed by atoms with Crippen LogP contribution in [0.3, 0.4) is 0 Å². The Morgan fingerprint density at radius 2 is 2.33 bits per heavy atom. The average Bonchev–Trinajstić information content (AvgIpc) is 2.50. The zero-order valence-corrected chi connectivity index (χ0v) is 7.40. The first-order valence-corrected chi connectivity index (χ1v) is 4.33. The smallest absolute Gasteiger partial charge is 0.127 e. The summed E-state index contributed by atoms with van der Waals surface area (Å²) in [5.41, 5.74) is 7.75. The normalized spacial score (nSPS) is 14.2. The van der Waals surface area contributed by atoms with Crippen molar-refractivity contribution >= 4 is 11.6 Å². The number of fused-ring (bicyclic) bond motifs is 1. The second kappa shape index (κ2) is 2.96. The van der Waals surface area contributed by atoms with Crippen molar-refractivity contribution in [3.8, 4) is 5.75 Å². The zero-order valence-electron chi connectivity index (χ0n) is 6.64. The molecule has 0 aliphatic carbocycles. The fourth-order valence-corrected chi connectivity index (χ4v) is 1.76. The van der Waals surface area contributed by atoms with Gasteiger partial charge in [0.1, 0.15) is 5.75 Å². The molecule has 64 valence electrons. The van der Waals surface area contributed by atoms with Gasteiger partial charge >= 0.3 is 0 Å². The van der Waals surface area contributed by atoms with Gasteiger partial charge in [0.25, 0.3) is 0 Å². The van der Waals surface area contributed by atoms with Gasteiger partial charge in [0.05, 0.1) is 6.61 Å². The van der Waals surface area contributed by atoms with Crippen LogP contribution < -0.4 is 10.5 Å². The first-order chi connectivity index (χ1) is 5.81. The van der Waals surface area contributed by atoms with E-state index in [0.717, 1.165) is 29.4 Å². The molecular formula is C9H10ClNO.